The largest absolute Gasteiger partial charge is 0.569 e. The van der Waals surface area contributed by atoms with Crippen LogP contribution in [0.5, 0.6) is 0 Å². The summed E-state index contributed by atoms with van der Waals surface area (Å²) in [5, 5.41) is 24.1. The Morgan fingerprint density at radius 3 is 2.00 bits per heavy atom. The molecule has 0 aromatic heterocycles. The molecule has 0 unspecified atom stereocenters. The van der Waals surface area contributed by atoms with E-state index >= 15 is 0 Å². The summed E-state index contributed by atoms with van der Waals surface area (Å²) in [5.41, 5.74) is -0.332. The molecule has 1 saturated carbocycles. The minimum Gasteiger partial charge on any atom is -0.569 e. The number of alkyl halides is 3. The van der Waals surface area contributed by atoms with Gasteiger partial charge in [-0.05, 0) is 46.5 Å². The summed E-state index contributed by atoms with van der Waals surface area (Å²) in [6, 6.07) is 0. The lowest BCUT2D eigenvalue weighted by molar-refractivity contribution is -0.870. The lowest BCUT2D eigenvalue weighted by atomic mass is 9.87. The van der Waals surface area contributed by atoms with E-state index in [-0.39, 0.29) is 23.5 Å². The van der Waals surface area contributed by atoms with Crippen LogP contribution in [0, 0.1) is 11.1 Å². The maximum atomic E-state index is 12.1. The molecule has 1 aliphatic rings. The van der Waals surface area contributed by atoms with E-state index in [0.717, 1.165) is 11.0 Å². The predicted molar refractivity (Wildman–Crippen MR) is 108 cm³/mol. The normalized spacial score (nSPS) is 20.0. The molecule has 0 saturated heterocycles. The van der Waals surface area contributed by atoms with Crippen molar-refractivity contribution in [2.24, 2.45) is 11.2 Å². The van der Waals surface area contributed by atoms with E-state index in [1.54, 1.807) is 7.05 Å². The number of carbonyl (C=O) groups excluding carboxylic acids is 1. The van der Waals surface area contributed by atoms with Crippen LogP contribution in [0.15, 0.2) is 5.28 Å². The first-order valence-electron chi connectivity index (χ1n) is 10.2. The number of quaternary nitrogens is 1. The zero-order valence-electron chi connectivity index (χ0n) is 19.8. The average molecular weight is 474 g/mol. The quantitative estimate of drug-likeness (QED) is 0.199. The number of rotatable bonds is 7. The number of carboxylic acids is 1. The fourth-order valence-corrected chi connectivity index (χ4v) is 2.36. The van der Waals surface area contributed by atoms with E-state index in [1.165, 1.54) is 5.01 Å². The molecule has 1 rings (SSSR count). The van der Waals surface area contributed by atoms with Gasteiger partial charge in [-0.2, -0.15) is 13.2 Å². The molecule has 10 nitrogen and oxygen atoms in total. The van der Waals surface area contributed by atoms with E-state index in [9.17, 15) is 23.2 Å². The van der Waals surface area contributed by atoms with Gasteiger partial charge in [0.05, 0.1) is 44.6 Å². The Morgan fingerprint density at radius 1 is 1.16 bits per heavy atom. The summed E-state index contributed by atoms with van der Waals surface area (Å²) >= 11 is 0. The van der Waals surface area contributed by atoms with Crippen LogP contribution in [-0.2, 0) is 19.2 Å². The Labute approximate surface area is 186 Å². The van der Waals surface area contributed by atoms with Crippen molar-refractivity contribution in [3.63, 3.8) is 0 Å². The summed E-state index contributed by atoms with van der Waals surface area (Å²) in [6.07, 6.45) is -2.40. The van der Waals surface area contributed by atoms with Crippen LogP contribution in [0.3, 0.4) is 0 Å². The van der Waals surface area contributed by atoms with Crippen molar-refractivity contribution in [1.29, 1.82) is 0 Å². The van der Waals surface area contributed by atoms with E-state index in [2.05, 4.69) is 26.4 Å². The monoisotopic (exact) mass is 473 g/mol. The van der Waals surface area contributed by atoms with Crippen LogP contribution in [0.1, 0.15) is 46.5 Å². The first kappa shape index (κ1) is 29.7. The minimum atomic E-state index is -5.08. The molecule has 32 heavy (non-hydrogen) atoms. The van der Waals surface area contributed by atoms with Gasteiger partial charge in [0.1, 0.15) is 19.3 Å². The number of nitrogens with zero attached hydrogens (tertiary/aromatic N) is 4. The SMILES string of the molecule is CN(/[N+]([O-])=N/O[C@H]1CC[C@@H](C(=O)OCC[N+](C)(C)C)CC1)C(C)(C)C.O=C(O)C(F)(F)F. The number of hydrogen-bond acceptors (Lipinski definition) is 6. The molecular weight excluding hydrogens is 437 g/mol. The van der Waals surface area contributed by atoms with Crippen molar-refractivity contribution in [1.82, 2.24) is 5.01 Å². The van der Waals surface area contributed by atoms with Crippen LogP contribution in [0.2, 0.25) is 0 Å². The topological polar surface area (TPSA) is 115 Å². The molecule has 0 aromatic carbocycles. The fourth-order valence-electron chi connectivity index (χ4n) is 2.36. The van der Waals surface area contributed by atoms with Crippen molar-refractivity contribution in [3.05, 3.63) is 5.21 Å². The number of ether oxygens (including phenoxy) is 1. The number of esters is 1. The van der Waals surface area contributed by atoms with Crippen LogP contribution < -0.4 is 0 Å². The van der Waals surface area contributed by atoms with Gasteiger partial charge in [0.15, 0.2) is 0 Å². The maximum Gasteiger partial charge on any atom is 0.490 e. The molecule has 13 heteroatoms. The fraction of sp³-hybridized carbons (Fsp3) is 0.895. The first-order valence-corrected chi connectivity index (χ1v) is 10.2. The van der Waals surface area contributed by atoms with Gasteiger partial charge in [-0.1, -0.05) is 0 Å². The molecule has 0 atom stereocenters. The molecule has 0 radical (unpaired) electrons. The van der Waals surface area contributed by atoms with E-state index < -0.39 is 12.1 Å². The zero-order valence-corrected chi connectivity index (χ0v) is 19.8. The highest BCUT2D eigenvalue weighted by Gasteiger charge is 2.38. The van der Waals surface area contributed by atoms with E-state index in [1.807, 2.05) is 20.8 Å². The van der Waals surface area contributed by atoms with Crippen molar-refractivity contribution >= 4 is 11.9 Å². The number of hydrogen-bond donors (Lipinski definition) is 1. The van der Waals surface area contributed by atoms with Crippen molar-refractivity contribution < 1.29 is 46.9 Å². The third-order valence-electron chi connectivity index (χ3n) is 4.75. The lowest BCUT2D eigenvalue weighted by Gasteiger charge is -2.28. The van der Waals surface area contributed by atoms with Crippen molar-refractivity contribution in [3.8, 4) is 0 Å². The number of carboxylic acid groups (broad SMARTS) is 1. The summed E-state index contributed by atoms with van der Waals surface area (Å²) < 4.78 is 37.9. The highest BCUT2D eigenvalue weighted by Crippen LogP contribution is 2.27. The predicted octanol–water partition coefficient (Wildman–Crippen LogP) is 2.97. The van der Waals surface area contributed by atoms with Gasteiger partial charge in [0, 0.05) is 0 Å². The van der Waals surface area contributed by atoms with Gasteiger partial charge < -0.3 is 24.4 Å². The molecule has 0 heterocycles. The molecule has 0 amide bonds. The van der Waals surface area contributed by atoms with Gasteiger partial charge in [0.2, 0.25) is 5.28 Å². The van der Waals surface area contributed by atoms with Crippen LogP contribution in [-0.4, -0.2) is 90.7 Å². The average Bonchev–Trinajstić information content (AvgIpc) is 2.63. The summed E-state index contributed by atoms with van der Waals surface area (Å²) in [4.78, 5) is 26.8. The molecule has 0 aliphatic heterocycles. The highest BCUT2D eigenvalue weighted by molar-refractivity contribution is 5.73. The number of aliphatic carboxylic acids is 1. The number of likely N-dealkylation sites (N-methyl/N-ethyl adjacent to an activating group) is 1. The van der Waals surface area contributed by atoms with Crippen LogP contribution in [0.25, 0.3) is 0 Å². The Morgan fingerprint density at radius 2 is 1.62 bits per heavy atom. The smallest absolute Gasteiger partial charge is 0.490 e. The Kier molecular flexibility index (Phi) is 11.2. The number of halogens is 3. The van der Waals surface area contributed by atoms with Crippen LogP contribution >= 0.6 is 0 Å². The minimum absolute atomic E-state index is 0.0760. The molecular formula is C19H36F3N4O6+. The molecule has 1 N–H and O–H groups in total. The Hall–Kier alpha value is -2.31. The van der Waals surface area contributed by atoms with Gasteiger partial charge >= 0.3 is 18.1 Å². The van der Waals surface area contributed by atoms with Gasteiger partial charge in [0.25, 0.3) is 0 Å². The zero-order chi connectivity index (χ0) is 25.3. The van der Waals surface area contributed by atoms with Gasteiger partial charge in [-0.15, -0.1) is 5.01 Å². The van der Waals surface area contributed by atoms with E-state index in [0.29, 0.717) is 37.3 Å². The third-order valence-corrected chi connectivity index (χ3v) is 4.75. The first-order chi connectivity index (χ1) is 14.3. The third kappa shape index (κ3) is 12.5. The summed E-state index contributed by atoms with van der Waals surface area (Å²) in [5.74, 6) is -2.96. The maximum absolute atomic E-state index is 12.1. The van der Waals surface area contributed by atoms with E-state index in [4.69, 9.17) is 19.5 Å². The second-order valence-electron chi connectivity index (χ2n) is 9.59. The molecule has 188 valence electrons. The molecule has 0 spiro atoms. The van der Waals surface area contributed by atoms with Gasteiger partial charge in [-0.3, -0.25) is 4.79 Å². The number of carbonyl (C=O) groups is 2. The molecule has 0 bridgehead atoms. The van der Waals surface area contributed by atoms with Crippen molar-refractivity contribution in [2.75, 3.05) is 41.3 Å². The molecule has 1 aliphatic carbocycles. The summed E-state index contributed by atoms with van der Waals surface area (Å²) in [7, 11) is 7.87. The second-order valence-corrected chi connectivity index (χ2v) is 9.59. The Balaban J connectivity index is 0.00000118. The standard InChI is InChI=1S/C17H35N4O4.C2HF3O2/c1-17(2,3)19(4)20(23)18-25-15-10-8-14(9-11-15)16(22)24-13-12-21(5,6)7;3-2(4,5)1(6)7/h14-15H,8-13H2,1-7H3;(H,6,7)/q+1;/b20-18-;/t14-,15+;. The Bertz CT molecular complexity index is 636. The van der Waals surface area contributed by atoms with Gasteiger partial charge in [-0.25, -0.2) is 4.79 Å². The molecule has 1 fully saturated rings. The summed E-state index contributed by atoms with van der Waals surface area (Å²) in [6.45, 7) is 7.00. The highest BCUT2D eigenvalue weighted by atomic mass is 19.4. The van der Waals surface area contributed by atoms with Crippen LogP contribution in [0.4, 0.5) is 13.2 Å². The lowest BCUT2D eigenvalue weighted by Crippen LogP contribution is -2.42. The van der Waals surface area contributed by atoms with Crippen molar-refractivity contribution in [2.45, 2.75) is 64.3 Å². The second kappa shape index (κ2) is 12.1. The number of hydrazine groups is 1. The molecule has 0 aromatic rings.